The predicted molar refractivity (Wildman–Crippen MR) is 36.6 cm³/mol. The fourth-order valence-corrected chi connectivity index (χ4v) is 0.570. The third-order valence-corrected chi connectivity index (χ3v) is 1.08. The summed E-state index contributed by atoms with van der Waals surface area (Å²) in [5.41, 5.74) is 5.93. The molecular formula is C7H6NO2Y-. The van der Waals surface area contributed by atoms with Crippen molar-refractivity contribution in [3.8, 4) is 0 Å². The van der Waals surface area contributed by atoms with Crippen LogP contribution in [-0.4, -0.2) is 11.1 Å². The van der Waals surface area contributed by atoms with Gasteiger partial charge in [0.15, 0.2) is 0 Å². The van der Waals surface area contributed by atoms with E-state index in [2.05, 4.69) is 6.07 Å². The summed E-state index contributed by atoms with van der Waals surface area (Å²) in [5, 5.41) is 8.41. The van der Waals surface area contributed by atoms with Crippen molar-refractivity contribution in [3.05, 3.63) is 29.8 Å². The Labute approximate surface area is 89.5 Å². The van der Waals surface area contributed by atoms with Gasteiger partial charge < -0.3 is 10.8 Å². The number of rotatable bonds is 1. The van der Waals surface area contributed by atoms with Crippen LogP contribution in [0.1, 0.15) is 10.4 Å². The van der Waals surface area contributed by atoms with Gasteiger partial charge in [0.1, 0.15) is 0 Å². The zero-order valence-corrected chi connectivity index (χ0v) is 8.58. The van der Waals surface area contributed by atoms with E-state index in [1.165, 1.54) is 18.2 Å². The van der Waals surface area contributed by atoms with E-state index >= 15 is 0 Å². The number of carboxylic acids is 1. The minimum atomic E-state index is -0.962. The molecule has 0 heterocycles. The van der Waals surface area contributed by atoms with Gasteiger partial charge in [-0.05, 0) is 0 Å². The van der Waals surface area contributed by atoms with Crippen molar-refractivity contribution in [1.29, 1.82) is 0 Å². The Bertz CT molecular complexity index is 245. The van der Waals surface area contributed by atoms with Crippen LogP contribution < -0.4 is 5.73 Å². The first-order chi connectivity index (χ1) is 4.70. The van der Waals surface area contributed by atoms with Crippen molar-refractivity contribution in [2.45, 2.75) is 0 Å². The van der Waals surface area contributed by atoms with Crippen LogP contribution >= 0.6 is 0 Å². The van der Waals surface area contributed by atoms with Crippen LogP contribution in [0.15, 0.2) is 18.2 Å². The average Bonchev–Trinajstić information content (AvgIpc) is 1.88. The van der Waals surface area contributed by atoms with Crippen LogP contribution in [0.4, 0.5) is 5.69 Å². The predicted octanol–water partition coefficient (Wildman–Crippen LogP) is 0.765. The maximum atomic E-state index is 10.3. The van der Waals surface area contributed by atoms with Crippen molar-refractivity contribution in [1.82, 2.24) is 0 Å². The first-order valence-electron chi connectivity index (χ1n) is 2.70. The van der Waals surface area contributed by atoms with Gasteiger partial charge in [-0.15, -0.1) is 6.07 Å². The first-order valence-corrected chi connectivity index (χ1v) is 2.70. The van der Waals surface area contributed by atoms with Crippen LogP contribution in [-0.2, 0) is 32.7 Å². The molecule has 0 spiro atoms. The molecule has 0 aliphatic rings. The molecule has 0 fully saturated rings. The molecule has 0 unspecified atom stereocenters. The summed E-state index contributed by atoms with van der Waals surface area (Å²) in [5.74, 6) is -0.962. The molecule has 1 radical (unpaired) electrons. The number of benzene rings is 1. The molecule has 0 saturated carbocycles. The second-order valence-electron chi connectivity index (χ2n) is 1.84. The van der Waals surface area contributed by atoms with Crippen molar-refractivity contribution >= 4 is 11.7 Å². The van der Waals surface area contributed by atoms with Crippen molar-refractivity contribution in [2.75, 3.05) is 5.73 Å². The van der Waals surface area contributed by atoms with Gasteiger partial charge in [-0.1, -0.05) is 11.3 Å². The Morgan fingerprint density at radius 3 is 2.55 bits per heavy atom. The van der Waals surface area contributed by atoms with E-state index in [0.29, 0.717) is 5.69 Å². The van der Waals surface area contributed by atoms with Crippen molar-refractivity contribution in [2.24, 2.45) is 0 Å². The quantitative estimate of drug-likeness (QED) is 0.547. The fourth-order valence-electron chi connectivity index (χ4n) is 0.570. The van der Waals surface area contributed by atoms with Gasteiger partial charge in [-0.25, -0.2) is 0 Å². The van der Waals surface area contributed by atoms with Crippen LogP contribution in [0.3, 0.4) is 0 Å². The molecule has 0 saturated heterocycles. The molecule has 0 aromatic heterocycles. The van der Waals surface area contributed by atoms with Crippen LogP contribution in [0.2, 0.25) is 0 Å². The zero-order valence-electron chi connectivity index (χ0n) is 5.74. The molecule has 4 heteroatoms. The summed E-state index contributed by atoms with van der Waals surface area (Å²) in [6.45, 7) is 0. The average molecular weight is 225 g/mol. The Kier molecular flexibility index (Phi) is 4.30. The number of aromatic carboxylic acids is 1. The van der Waals surface area contributed by atoms with Crippen LogP contribution in [0.25, 0.3) is 0 Å². The second kappa shape index (κ2) is 4.47. The third kappa shape index (κ3) is 2.99. The molecule has 0 amide bonds. The van der Waals surface area contributed by atoms with Crippen molar-refractivity contribution in [3.63, 3.8) is 0 Å². The van der Waals surface area contributed by atoms with Crippen LogP contribution in [0, 0.1) is 6.07 Å². The topological polar surface area (TPSA) is 63.3 Å². The van der Waals surface area contributed by atoms with Crippen molar-refractivity contribution < 1.29 is 42.6 Å². The summed E-state index contributed by atoms with van der Waals surface area (Å²) in [6.07, 6.45) is 0. The largest absolute Gasteiger partial charge is 0.487 e. The number of anilines is 1. The molecule has 0 bridgehead atoms. The molecule has 0 aliphatic carbocycles. The second-order valence-corrected chi connectivity index (χ2v) is 1.84. The number of nitrogens with two attached hydrogens (primary N) is 1. The van der Waals surface area contributed by atoms with Gasteiger partial charge in [0.2, 0.25) is 0 Å². The summed E-state index contributed by atoms with van der Waals surface area (Å²) in [6, 6.07) is 6.87. The number of carbonyl (C=O) groups is 1. The van der Waals surface area contributed by atoms with E-state index in [9.17, 15) is 4.79 Å². The van der Waals surface area contributed by atoms with Gasteiger partial charge in [0, 0.05) is 32.7 Å². The fraction of sp³-hybridized carbons (Fsp3) is 0. The number of carboxylic acid groups (broad SMARTS) is 1. The molecule has 1 aromatic rings. The molecular weight excluding hydrogens is 219 g/mol. The van der Waals surface area contributed by atoms with Gasteiger partial charge in [-0.2, -0.15) is 18.2 Å². The van der Waals surface area contributed by atoms with E-state index < -0.39 is 5.97 Å². The van der Waals surface area contributed by atoms with E-state index in [1.807, 2.05) is 0 Å². The summed E-state index contributed by atoms with van der Waals surface area (Å²) in [4.78, 5) is 10.3. The molecule has 11 heavy (non-hydrogen) atoms. The van der Waals surface area contributed by atoms with E-state index in [-0.39, 0.29) is 38.3 Å². The number of hydrogen-bond acceptors (Lipinski definition) is 2. The maximum absolute atomic E-state index is 10.3. The SMILES string of the molecule is Nc1[c-]cc(C(=O)O)cc1.[Y]. The Morgan fingerprint density at radius 1 is 1.55 bits per heavy atom. The summed E-state index contributed by atoms with van der Waals surface area (Å²) >= 11 is 0. The number of nitrogen functional groups attached to an aromatic ring is 1. The zero-order chi connectivity index (χ0) is 7.56. The smallest absolute Gasteiger partial charge is 0.278 e. The maximum Gasteiger partial charge on any atom is 0.278 e. The first kappa shape index (κ1) is 10.6. The third-order valence-electron chi connectivity index (χ3n) is 1.08. The Balaban J connectivity index is 0.000001000. The minimum Gasteiger partial charge on any atom is -0.487 e. The van der Waals surface area contributed by atoms with E-state index in [4.69, 9.17) is 10.8 Å². The molecule has 3 N–H and O–H groups in total. The summed E-state index contributed by atoms with van der Waals surface area (Å²) < 4.78 is 0. The Morgan fingerprint density at radius 2 is 2.18 bits per heavy atom. The van der Waals surface area contributed by atoms with Crippen LogP contribution in [0.5, 0.6) is 0 Å². The monoisotopic (exact) mass is 225 g/mol. The normalized spacial score (nSPS) is 8.36. The van der Waals surface area contributed by atoms with Gasteiger partial charge in [0.25, 0.3) is 5.97 Å². The van der Waals surface area contributed by atoms with E-state index in [1.54, 1.807) is 0 Å². The number of hydrogen-bond donors (Lipinski definition) is 2. The van der Waals surface area contributed by atoms with Gasteiger partial charge >= 0.3 is 0 Å². The molecule has 1 aromatic carbocycles. The minimum absolute atomic E-state index is 0. The molecule has 0 atom stereocenters. The Hall–Kier alpha value is -0.406. The molecule has 0 aliphatic heterocycles. The molecule has 55 valence electrons. The molecule has 3 nitrogen and oxygen atoms in total. The summed E-state index contributed by atoms with van der Waals surface area (Å²) in [7, 11) is 0. The van der Waals surface area contributed by atoms with E-state index in [0.717, 1.165) is 0 Å². The standard InChI is InChI=1S/C7H6NO2.Y/c8-6-3-1-5(2-4-6)7(9)10;/h1-3H,8H2,(H,9,10);/q-1;. The van der Waals surface area contributed by atoms with Gasteiger partial charge in [-0.3, -0.25) is 4.79 Å². The van der Waals surface area contributed by atoms with Gasteiger partial charge in [0.05, 0.1) is 0 Å². The molecule has 1 rings (SSSR count).